The highest BCUT2D eigenvalue weighted by Gasteiger charge is 2.35. The van der Waals surface area contributed by atoms with Gasteiger partial charge in [-0.25, -0.2) is 8.42 Å². The number of hydrogen-bond acceptors (Lipinski definition) is 4. The number of hydrogen-bond donors (Lipinski definition) is 1. The number of amides is 1. The first-order chi connectivity index (χ1) is 13.9. The van der Waals surface area contributed by atoms with Crippen LogP contribution in [0.25, 0.3) is 11.1 Å². The van der Waals surface area contributed by atoms with Crippen LogP contribution in [0.1, 0.15) is 0 Å². The Balaban J connectivity index is 1.62. The van der Waals surface area contributed by atoms with Crippen molar-refractivity contribution < 1.29 is 17.9 Å². The molecule has 7 heteroatoms. The van der Waals surface area contributed by atoms with Crippen molar-refractivity contribution in [3.63, 3.8) is 0 Å². The molecule has 3 aromatic rings. The maximum Gasteiger partial charge on any atom is 0.267 e. The van der Waals surface area contributed by atoms with Gasteiger partial charge in [0.1, 0.15) is 5.75 Å². The Morgan fingerprint density at radius 3 is 2.38 bits per heavy atom. The Kier molecular flexibility index (Phi) is 4.98. The Morgan fingerprint density at radius 2 is 1.62 bits per heavy atom. The van der Waals surface area contributed by atoms with Crippen molar-refractivity contribution in [1.82, 2.24) is 0 Å². The molecule has 4 rings (SSSR count). The number of rotatable bonds is 4. The molecule has 0 spiro atoms. The summed E-state index contributed by atoms with van der Waals surface area (Å²) in [7, 11) is -3.56. The first-order valence-electron chi connectivity index (χ1n) is 9.12. The molecule has 1 aliphatic rings. The highest BCUT2D eigenvalue weighted by atomic mass is 32.2. The van der Waals surface area contributed by atoms with Crippen LogP contribution in [0.5, 0.6) is 5.75 Å². The first kappa shape index (κ1) is 19.0. The van der Waals surface area contributed by atoms with Crippen LogP contribution in [-0.2, 0) is 14.8 Å². The molecule has 29 heavy (non-hydrogen) atoms. The van der Waals surface area contributed by atoms with E-state index in [4.69, 9.17) is 4.74 Å². The molecule has 1 atom stereocenters. The lowest BCUT2D eigenvalue weighted by atomic mass is 10.0. The van der Waals surface area contributed by atoms with Crippen LogP contribution in [0.4, 0.5) is 11.4 Å². The number of benzene rings is 3. The number of nitrogens with zero attached hydrogens (tertiary/aromatic N) is 1. The zero-order valence-electron chi connectivity index (χ0n) is 15.8. The van der Waals surface area contributed by atoms with Crippen LogP contribution in [-0.4, -0.2) is 33.2 Å². The van der Waals surface area contributed by atoms with Gasteiger partial charge in [0, 0.05) is 11.3 Å². The summed E-state index contributed by atoms with van der Waals surface area (Å²) in [6.07, 6.45) is 0.151. The summed E-state index contributed by atoms with van der Waals surface area (Å²) in [6.45, 7) is -0.0881. The predicted octanol–water partition coefficient (Wildman–Crippen LogP) is 3.52. The van der Waals surface area contributed by atoms with Gasteiger partial charge < -0.3 is 10.1 Å². The minimum Gasteiger partial charge on any atom is -0.476 e. The lowest BCUT2D eigenvalue weighted by Crippen LogP contribution is -2.48. The number of anilines is 2. The van der Waals surface area contributed by atoms with E-state index in [0.717, 1.165) is 17.4 Å². The van der Waals surface area contributed by atoms with Crippen LogP contribution in [0.3, 0.4) is 0 Å². The van der Waals surface area contributed by atoms with E-state index < -0.39 is 22.0 Å². The quantitative estimate of drug-likeness (QED) is 0.717. The molecule has 0 saturated carbocycles. The molecule has 1 aliphatic heterocycles. The lowest BCUT2D eigenvalue weighted by Gasteiger charge is -2.33. The van der Waals surface area contributed by atoms with Crippen LogP contribution in [0, 0.1) is 0 Å². The Bertz CT molecular complexity index is 1150. The van der Waals surface area contributed by atoms with Gasteiger partial charge in [-0.05, 0) is 23.8 Å². The number of sulfonamides is 1. The van der Waals surface area contributed by atoms with Gasteiger partial charge in [-0.3, -0.25) is 9.10 Å². The van der Waals surface area contributed by atoms with Crippen molar-refractivity contribution in [2.24, 2.45) is 0 Å². The molecule has 0 aliphatic carbocycles. The van der Waals surface area contributed by atoms with Crippen LogP contribution < -0.4 is 14.4 Å². The molecule has 1 amide bonds. The van der Waals surface area contributed by atoms with E-state index in [-0.39, 0.29) is 6.54 Å². The summed E-state index contributed by atoms with van der Waals surface area (Å²) in [5, 5.41) is 2.90. The van der Waals surface area contributed by atoms with Crippen LogP contribution in [0.15, 0.2) is 78.9 Å². The Labute approximate surface area is 169 Å². The second kappa shape index (κ2) is 7.60. The first-order valence-corrected chi connectivity index (χ1v) is 11.0. The number of fused-ring (bicyclic) bond motifs is 1. The summed E-state index contributed by atoms with van der Waals surface area (Å²) >= 11 is 0. The van der Waals surface area contributed by atoms with Crippen molar-refractivity contribution in [2.45, 2.75) is 6.10 Å². The number of nitrogens with one attached hydrogen (secondary N) is 1. The number of para-hydroxylation sites is 3. The van der Waals surface area contributed by atoms with E-state index in [2.05, 4.69) is 5.32 Å². The molecule has 0 aromatic heterocycles. The van der Waals surface area contributed by atoms with Gasteiger partial charge in [-0.2, -0.15) is 0 Å². The van der Waals surface area contributed by atoms with Gasteiger partial charge in [0.05, 0.1) is 18.5 Å². The van der Waals surface area contributed by atoms with Gasteiger partial charge in [0.15, 0.2) is 6.10 Å². The molecule has 0 saturated heterocycles. The maximum absolute atomic E-state index is 13.0. The Morgan fingerprint density at radius 1 is 0.966 bits per heavy atom. The van der Waals surface area contributed by atoms with Gasteiger partial charge in [-0.1, -0.05) is 60.7 Å². The molecule has 0 fully saturated rings. The number of carbonyl (C=O) groups excluding carboxylic acids is 1. The van der Waals surface area contributed by atoms with E-state index in [9.17, 15) is 13.2 Å². The molecule has 1 heterocycles. The van der Waals surface area contributed by atoms with E-state index in [0.29, 0.717) is 17.1 Å². The zero-order valence-corrected chi connectivity index (χ0v) is 16.6. The largest absolute Gasteiger partial charge is 0.476 e. The van der Waals surface area contributed by atoms with Crippen LogP contribution in [0.2, 0.25) is 0 Å². The summed E-state index contributed by atoms with van der Waals surface area (Å²) in [5.41, 5.74) is 2.91. The second-order valence-electron chi connectivity index (χ2n) is 6.77. The van der Waals surface area contributed by atoms with Crippen LogP contribution >= 0.6 is 0 Å². The molecule has 148 valence electrons. The van der Waals surface area contributed by atoms with E-state index in [1.807, 2.05) is 54.6 Å². The number of carbonyl (C=O) groups is 1. The molecular weight excluding hydrogens is 388 g/mol. The minimum absolute atomic E-state index is 0.0881. The minimum atomic E-state index is -3.56. The van der Waals surface area contributed by atoms with Crippen molar-refractivity contribution in [3.05, 3.63) is 78.9 Å². The molecular formula is C22H20N2O4S. The molecule has 1 N–H and O–H groups in total. The van der Waals surface area contributed by atoms with Gasteiger partial charge in [0.25, 0.3) is 5.91 Å². The molecule has 3 aromatic carbocycles. The standard InChI is InChI=1S/C22H20N2O4S/c1-29(26,27)24-15-21(28-20-14-8-7-13-19(20)24)22(25)23-18-12-6-5-11-17(18)16-9-3-2-4-10-16/h2-14,21H,15H2,1H3,(H,23,25). The van der Waals surface area contributed by atoms with Crippen molar-refractivity contribution in [2.75, 3.05) is 22.4 Å². The van der Waals surface area contributed by atoms with Crippen molar-refractivity contribution in [1.29, 1.82) is 0 Å². The molecule has 6 nitrogen and oxygen atoms in total. The molecule has 0 radical (unpaired) electrons. The average molecular weight is 408 g/mol. The summed E-state index contributed by atoms with van der Waals surface area (Å²) in [5.74, 6) is -0.0443. The maximum atomic E-state index is 13.0. The smallest absolute Gasteiger partial charge is 0.267 e. The molecule has 1 unspecified atom stereocenters. The highest BCUT2D eigenvalue weighted by Crippen LogP contribution is 2.35. The topological polar surface area (TPSA) is 75.7 Å². The normalized spacial score (nSPS) is 15.9. The number of ether oxygens (including phenoxy) is 1. The summed E-state index contributed by atoms with van der Waals surface area (Å²) in [6, 6.07) is 24.0. The van der Waals surface area contributed by atoms with Gasteiger partial charge in [0.2, 0.25) is 10.0 Å². The third kappa shape index (κ3) is 3.95. The van der Waals surface area contributed by atoms with Gasteiger partial charge in [-0.15, -0.1) is 0 Å². The third-order valence-corrected chi connectivity index (χ3v) is 5.84. The van der Waals surface area contributed by atoms with E-state index in [1.165, 1.54) is 4.31 Å². The fourth-order valence-electron chi connectivity index (χ4n) is 3.33. The second-order valence-corrected chi connectivity index (χ2v) is 8.68. The van der Waals surface area contributed by atoms with E-state index >= 15 is 0 Å². The SMILES string of the molecule is CS(=O)(=O)N1CC(C(=O)Nc2ccccc2-c2ccccc2)Oc2ccccc21. The fraction of sp³-hybridized carbons (Fsp3) is 0.136. The monoisotopic (exact) mass is 408 g/mol. The van der Waals surface area contributed by atoms with Gasteiger partial charge >= 0.3 is 0 Å². The fourth-order valence-corrected chi connectivity index (χ4v) is 4.24. The van der Waals surface area contributed by atoms with Crippen molar-refractivity contribution >= 4 is 27.3 Å². The average Bonchev–Trinajstić information content (AvgIpc) is 2.73. The molecule has 0 bridgehead atoms. The third-order valence-electron chi connectivity index (χ3n) is 4.70. The lowest BCUT2D eigenvalue weighted by molar-refractivity contribution is -0.122. The van der Waals surface area contributed by atoms with Crippen molar-refractivity contribution in [3.8, 4) is 16.9 Å². The highest BCUT2D eigenvalue weighted by molar-refractivity contribution is 7.92. The summed E-state index contributed by atoms with van der Waals surface area (Å²) in [4.78, 5) is 13.0. The summed E-state index contributed by atoms with van der Waals surface area (Å²) < 4.78 is 31.5. The van der Waals surface area contributed by atoms with E-state index in [1.54, 1.807) is 24.3 Å². The zero-order chi connectivity index (χ0) is 20.4. The predicted molar refractivity (Wildman–Crippen MR) is 114 cm³/mol. The Hall–Kier alpha value is -3.32.